The van der Waals surface area contributed by atoms with Crippen molar-refractivity contribution in [2.45, 2.75) is 13.9 Å². The number of rotatable bonds is 0. The molecule has 0 bridgehead atoms. The second kappa shape index (κ2) is 2.57. The summed E-state index contributed by atoms with van der Waals surface area (Å²) in [5.41, 5.74) is 3.28. The molecular weight excluding hydrogens is 236 g/mol. The molecule has 1 heteroatoms. The van der Waals surface area contributed by atoms with Crippen LogP contribution in [0.5, 0.6) is 0 Å². The Morgan fingerprint density at radius 3 is 2.10 bits per heavy atom. The normalized spacial score (nSPS) is 17.3. The first-order chi connectivity index (χ1) is 4.86. The van der Waals surface area contributed by atoms with E-state index in [0.29, 0.717) is 0 Å². The van der Waals surface area contributed by atoms with Crippen molar-refractivity contribution in [3.05, 3.63) is 35.4 Å². The van der Waals surface area contributed by atoms with Gasteiger partial charge in [0.1, 0.15) is 0 Å². The fourth-order valence-corrected chi connectivity index (χ4v) is 6.35. The van der Waals surface area contributed by atoms with Gasteiger partial charge in [-0.15, -0.1) is 0 Å². The van der Waals surface area contributed by atoms with Crippen molar-refractivity contribution in [2.75, 3.05) is 0 Å². The van der Waals surface area contributed by atoms with Crippen molar-refractivity contribution >= 4 is 19.6 Å². The van der Waals surface area contributed by atoms with Gasteiger partial charge < -0.3 is 0 Å². The maximum atomic E-state index is 2.49. The fourth-order valence-electron chi connectivity index (χ4n) is 1.42. The molecule has 52 valence electrons. The zero-order valence-electron chi connectivity index (χ0n) is 6.13. The first-order valence-electron chi connectivity index (χ1n) is 3.52. The van der Waals surface area contributed by atoms with E-state index in [1.165, 1.54) is 8.94 Å². The van der Waals surface area contributed by atoms with Crippen molar-refractivity contribution in [3.63, 3.8) is 0 Å². The molecule has 1 aliphatic rings. The van der Waals surface area contributed by atoms with E-state index in [9.17, 15) is 0 Å². The molecule has 1 aromatic rings. The van der Waals surface area contributed by atoms with E-state index in [4.69, 9.17) is 0 Å². The molecule has 10 heavy (non-hydrogen) atoms. The van der Waals surface area contributed by atoms with Crippen LogP contribution < -0.4 is 0 Å². The van der Waals surface area contributed by atoms with Gasteiger partial charge in [0.05, 0.1) is 0 Å². The maximum absolute atomic E-state index is 2.49. The van der Waals surface area contributed by atoms with Gasteiger partial charge in [0, 0.05) is 0 Å². The molecule has 0 amide bonds. The van der Waals surface area contributed by atoms with E-state index in [2.05, 4.69) is 29.2 Å². The third-order valence-electron chi connectivity index (χ3n) is 1.92. The van der Waals surface area contributed by atoms with E-state index >= 15 is 0 Å². The van der Waals surface area contributed by atoms with Crippen LogP contribution in [0.1, 0.15) is 11.1 Å². The standard InChI is InChI=1S/C9H11Te/c1-10-6-8-4-2-3-5-9(8)7-10/h2-5H,6-7H2,1H3/q+1. The van der Waals surface area contributed by atoms with Crippen LogP contribution in [0, 0.1) is 0 Å². The van der Waals surface area contributed by atoms with Gasteiger partial charge in [0.15, 0.2) is 0 Å². The first kappa shape index (κ1) is 6.70. The fraction of sp³-hybridized carbons (Fsp3) is 0.333. The number of hydrogen-bond donors (Lipinski definition) is 0. The topological polar surface area (TPSA) is 0 Å². The van der Waals surface area contributed by atoms with Crippen LogP contribution in [0.15, 0.2) is 24.3 Å². The predicted octanol–water partition coefficient (Wildman–Crippen LogP) is 1.99. The summed E-state index contributed by atoms with van der Waals surface area (Å²) < 4.78 is 2.92. The Hall–Kier alpha value is 0.00961. The molecule has 0 N–H and O–H groups in total. The summed E-state index contributed by atoms with van der Waals surface area (Å²) in [6.45, 7) is 0. The van der Waals surface area contributed by atoms with Crippen molar-refractivity contribution in [2.24, 2.45) is 0 Å². The SMILES string of the molecule is C[Te+]1Cc2ccccc2C1. The average molecular weight is 247 g/mol. The quantitative estimate of drug-likeness (QED) is 0.615. The second-order valence-corrected chi connectivity index (χ2v) is 8.95. The summed E-state index contributed by atoms with van der Waals surface area (Å²) >= 11 is -0.608. The van der Waals surface area contributed by atoms with Gasteiger partial charge >= 0.3 is 68.9 Å². The molecular formula is C9H11Te+. The molecule has 0 saturated heterocycles. The monoisotopic (exact) mass is 249 g/mol. The second-order valence-electron chi connectivity index (χ2n) is 2.84. The van der Waals surface area contributed by atoms with Crippen LogP contribution in [-0.2, 0) is 8.94 Å². The molecule has 0 radical (unpaired) electrons. The van der Waals surface area contributed by atoms with Gasteiger partial charge in [-0.1, -0.05) is 0 Å². The van der Waals surface area contributed by atoms with E-state index in [1.807, 2.05) is 0 Å². The van der Waals surface area contributed by atoms with Crippen molar-refractivity contribution in [3.8, 4) is 0 Å². The first-order valence-corrected chi connectivity index (χ1v) is 9.15. The minimum absolute atomic E-state index is 0.608. The molecule has 0 aliphatic carbocycles. The van der Waals surface area contributed by atoms with E-state index in [1.54, 1.807) is 11.1 Å². The molecule has 1 aliphatic heterocycles. The number of fused-ring (bicyclic) bond motifs is 1. The Labute approximate surface area is 68.9 Å². The Morgan fingerprint density at radius 2 is 1.60 bits per heavy atom. The summed E-state index contributed by atoms with van der Waals surface area (Å²) in [5, 5.41) is 0. The number of benzene rings is 1. The van der Waals surface area contributed by atoms with Crippen LogP contribution in [0.25, 0.3) is 0 Å². The van der Waals surface area contributed by atoms with Crippen LogP contribution in [0.4, 0.5) is 0 Å². The number of hydrogen-bond acceptors (Lipinski definition) is 0. The molecule has 0 nitrogen and oxygen atoms in total. The summed E-state index contributed by atoms with van der Waals surface area (Å²) in [7, 11) is 0. The van der Waals surface area contributed by atoms with Crippen LogP contribution >= 0.6 is 0 Å². The molecule has 1 aromatic carbocycles. The zero-order valence-corrected chi connectivity index (χ0v) is 8.46. The Bertz CT molecular complexity index is 217. The molecule has 0 atom stereocenters. The Kier molecular flexibility index (Phi) is 1.72. The van der Waals surface area contributed by atoms with E-state index in [-0.39, 0.29) is 0 Å². The van der Waals surface area contributed by atoms with Gasteiger partial charge in [0.25, 0.3) is 0 Å². The molecule has 0 spiro atoms. The van der Waals surface area contributed by atoms with Crippen molar-refractivity contribution in [1.29, 1.82) is 0 Å². The van der Waals surface area contributed by atoms with Crippen LogP contribution in [-0.4, -0.2) is 19.6 Å². The molecule has 0 fully saturated rings. The third-order valence-corrected chi connectivity index (χ3v) is 6.51. The van der Waals surface area contributed by atoms with Gasteiger partial charge in [-0.25, -0.2) is 0 Å². The predicted molar refractivity (Wildman–Crippen MR) is 45.5 cm³/mol. The van der Waals surface area contributed by atoms with Crippen molar-refractivity contribution in [1.82, 2.24) is 0 Å². The van der Waals surface area contributed by atoms with Gasteiger partial charge in [-0.05, 0) is 0 Å². The van der Waals surface area contributed by atoms with Crippen molar-refractivity contribution < 1.29 is 0 Å². The molecule has 1 heterocycles. The summed E-state index contributed by atoms with van der Waals surface area (Å²) in [4.78, 5) is 2.49. The van der Waals surface area contributed by atoms with Gasteiger partial charge in [0.2, 0.25) is 0 Å². The average Bonchev–Trinajstić information content (AvgIpc) is 2.27. The molecule has 0 aromatic heterocycles. The molecule has 0 saturated carbocycles. The van der Waals surface area contributed by atoms with Gasteiger partial charge in [-0.2, -0.15) is 0 Å². The molecule has 0 unspecified atom stereocenters. The summed E-state index contributed by atoms with van der Waals surface area (Å²) in [6.07, 6.45) is 0. The zero-order chi connectivity index (χ0) is 6.97. The van der Waals surface area contributed by atoms with E-state index in [0.717, 1.165) is 0 Å². The van der Waals surface area contributed by atoms with Gasteiger partial charge in [-0.3, -0.25) is 0 Å². The molecule has 2 rings (SSSR count). The Morgan fingerprint density at radius 1 is 1.10 bits per heavy atom. The minimum atomic E-state index is -0.608. The van der Waals surface area contributed by atoms with E-state index < -0.39 is 19.6 Å². The Balaban J connectivity index is 2.42. The van der Waals surface area contributed by atoms with Crippen LogP contribution in [0.2, 0.25) is 4.97 Å². The summed E-state index contributed by atoms with van der Waals surface area (Å²) in [5.74, 6) is 0. The summed E-state index contributed by atoms with van der Waals surface area (Å²) in [6, 6.07) is 8.91. The van der Waals surface area contributed by atoms with Crippen LogP contribution in [0.3, 0.4) is 0 Å². The third kappa shape index (κ3) is 1.09.